The zero-order valence-corrected chi connectivity index (χ0v) is 12.3. The summed E-state index contributed by atoms with van der Waals surface area (Å²) in [5.74, 6) is 0.522. The van der Waals surface area contributed by atoms with Crippen LogP contribution in [0.3, 0.4) is 0 Å². The van der Waals surface area contributed by atoms with Crippen molar-refractivity contribution in [2.75, 3.05) is 40.0 Å². The Morgan fingerprint density at radius 3 is 3.00 bits per heavy atom. The summed E-state index contributed by atoms with van der Waals surface area (Å²) < 4.78 is 11.4. The molecule has 3 rings (SSSR count). The predicted molar refractivity (Wildman–Crippen MR) is 77.8 cm³/mol. The van der Waals surface area contributed by atoms with Gasteiger partial charge in [0.15, 0.2) is 0 Å². The van der Waals surface area contributed by atoms with Gasteiger partial charge in [0.25, 0.3) is 0 Å². The summed E-state index contributed by atoms with van der Waals surface area (Å²) in [6.07, 6.45) is 7.27. The van der Waals surface area contributed by atoms with E-state index in [1.807, 2.05) is 18.5 Å². The van der Waals surface area contributed by atoms with Gasteiger partial charge in [-0.1, -0.05) is 6.07 Å². The van der Waals surface area contributed by atoms with E-state index in [0.29, 0.717) is 5.92 Å². The fourth-order valence-electron chi connectivity index (χ4n) is 3.43. The van der Waals surface area contributed by atoms with Crippen LogP contribution in [0.4, 0.5) is 0 Å². The molecule has 0 saturated carbocycles. The SMILES string of the molecule is COCCN1CCC2(CC1)C[C@H](c1cccnc1)CO2. The normalized spacial score (nSPS) is 26.1. The fourth-order valence-corrected chi connectivity index (χ4v) is 3.43. The summed E-state index contributed by atoms with van der Waals surface area (Å²) >= 11 is 0. The first-order valence-electron chi connectivity index (χ1n) is 7.56. The van der Waals surface area contributed by atoms with Crippen molar-refractivity contribution in [2.45, 2.75) is 30.8 Å². The molecule has 2 aliphatic rings. The minimum atomic E-state index is 0.115. The van der Waals surface area contributed by atoms with Crippen molar-refractivity contribution in [3.63, 3.8) is 0 Å². The van der Waals surface area contributed by atoms with Crippen molar-refractivity contribution in [2.24, 2.45) is 0 Å². The van der Waals surface area contributed by atoms with Crippen LogP contribution in [0.1, 0.15) is 30.7 Å². The number of piperidine rings is 1. The first-order chi connectivity index (χ1) is 9.81. The molecule has 1 spiro atoms. The number of nitrogens with zero attached hydrogens (tertiary/aromatic N) is 2. The first-order valence-corrected chi connectivity index (χ1v) is 7.56. The topological polar surface area (TPSA) is 34.6 Å². The van der Waals surface area contributed by atoms with Crippen LogP contribution in [0.25, 0.3) is 0 Å². The van der Waals surface area contributed by atoms with Crippen molar-refractivity contribution >= 4 is 0 Å². The van der Waals surface area contributed by atoms with E-state index in [9.17, 15) is 0 Å². The zero-order chi connectivity index (χ0) is 13.8. The van der Waals surface area contributed by atoms with Crippen LogP contribution in [-0.2, 0) is 9.47 Å². The molecule has 2 fully saturated rings. The van der Waals surface area contributed by atoms with Crippen LogP contribution in [0.15, 0.2) is 24.5 Å². The highest BCUT2D eigenvalue weighted by Gasteiger charge is 2.42. The highest BCUT2D eigenvalue weighted by atomic mass is 16.5. The number of ether oxygens (including phenoxy) is 2. The van der Waals surface area contributed by atoms with Crippen LogP contribution in [0.5, 0.6) is 0 Å². The molecule has 0 amide bonds. The zero-order valence-electron chi connectivity index (χ0n) is 12.3. The number of methoxy groups -OCH3 is 1. The summed E-state index contributed by atoms with van der Waals surface area (Å²) in [4.78, 5) is 6.71. The lowest BCUT2D eigenvalue weighted by Crippen LogP contribution is -2.45. The molecule has 3 heterocycles. The molecule has 20 heavy (non-hydrogen) atoms. The van der Waals surface area contributed by atoms with Gasteiger partial charge >= 0.3 is 0 Å². The minimum Gasteiger partial charge on any atom is -0.383 e. The van der Waals surface area contributed by atoms with Crippen LogP contribution >= 0.6 is 0 Å². The molecule has 2 saturated heterocycles. The Kier molecular flexibility index (Phi) is 4.34. The van der Waals surface area contributed by atoms with Crippen molar-refractivity contribution in [3.8, 4) is 0 Å². The second-order valence-electron chi connectivity index (χ2n) is 6.02. The van der Waals surface area contributed by atoms with Gasteiger partial charge in [-0.15, -0.1) is 0 Å². The Hall–Kier alpha value is -0.970. The standard InChI is InChI=1S/C16H24N2O2/c1-19-10-9-18-7-4-16(5-8-18)11-15(13-20-16)14-3-2-6-17-12-14/h2-3,6,12,15H,4-5,7-11,13H2,1H3/t15-/m0/s1. The third-order valence-electron chi connectivity index (χ3n) is 4.74. The number of pyridine rings is 1. The molecule has 4 heteroatoms. The third kappa shape index (κ3) is 3.03. The van der Waals surface area contributed by atoms with Crippen LogP contribution < -0.4 is 0 Å². The number of aromatic nitrogens is 1. The lowest BCUT2D eigenvalue weighted by molar-refractivity contribution is -0.0460. The van der Waals surface area contributed by atoms with E-state index in [4.69, 9.17) is 9.47 Å². The molecule has 0 bridgehead atoms. The number of hydrogen-bond donors (Lipinski definition) is 0. The summed E-state index contributed by atoms with van der Waals surface area (Å²) in [5.41, 5.74) is 1.44. The molecule has 1 atom stereocenters. The highest BCUT2D eigenvalue weighted by molar-refractivity contribution is 5.18. The molecular formula is C16H24N2O2. The minimum absolute atomic E-state index is 0.115. The Balaban J connectivity index is 1.55. The third-order valence-corrected chi connectivity index (χ3v) is 4.74. The highest BCUT2D eigenvalue weighted by Crippen LogP contribution is 2.42. The fraction of sp³-hybridized carbons (Fsp3) is 0.688. The van der Waals surface area contributed by atoms with Gasteiger partial charge in [0.1, 0.15) is 0 Å². The van der Waals surface area contributed by atoms with E-state index in [1.165, 1.54) is 5.56 Å². The molecule has 0 radical (unpaired) electrons. The molecule has 110 valence electrons. The number of rotatable bonds is 4. The maximum Gasteiger partial charge on any atom is 0.0713 e. The smallest absolute Gasteiger partial charge is 0.0713 e. The average Bonchev–Trinajstić information content (AvgIpc) is 2.92. The van der Waals surface area contributed by atoms with Crippen molar-refractivity contribution in [3.05, 3.63) is 30.1 Å². The molecule has 0 unspecified atom stereocenters. The van der Waals surface area contributed by atoms with Crippen molar-refractivity contribution in [1.82, 2.24) is 9.88 Å². The van der Waals surface area contributed by atoms with Gasteiger partial charge in [0.05, 0.1) is 18.8 Å². The van der Waals surface area contributed by atoms with Gasteiger partial charge in [-0.3, -0.25) is 4.98 Å². The largest absolute Gasteiger partial charge is 0.383 e. The van der Waals surface area contributed by atoms with E-state index in [2.05, 4.69) is 16.0 Å². The Morgan fingerprint density at radius 1 is 1.45 bits per heavy atom. The van der Waals surface area contributed by atoms with Crippen LogP contribution in [0.2, 0.25) is 0 Å². The Morgan fingerprint density at radius 2 is 2.30 bits per heavy atom. The van der Waals surface area contributed by atoms with Gasteiger partial charge in [0.2, 0.25) is 0 Å². The van der Waals surface area contributed by atoms with Gasteiger partial charge in [0, 0.05) is 45.1 Å². The summed E-state index contributed by atoms with van der Waals surface area (Å²) in [5, 5.41) is 0. The number of likely N-dealkylation sites (tertiary alicyclic amines) is 1. The Labute approximate surface area is 121 Å². The number of hydrogen-bond acceptors (Lipinski definition) is 4. The monoisotopic (exact) mass is 276 g/mol. The van der Waals surface area contributed by atoms with Gasteiger partial charge in [-0.2, -0.15) is 0 Å². The predicted octanol–water partition coefficient (Wildman–Crippen LogP) is 2.07. The lowest BCUT2D eigenvalue weighted by Gasteiger charge is -2.38. The molecule has 0 aromatic carbocycles. The van der Waals surface area contributed by atoms with E-state index < -0.39 is 0 Å². The average molecular weight is 276 g/mol. The van der Waals surface area contributed by atoms with Gasteiger partial charge < -0.3 is 14.4 Å². The second kappa shape index (κ2) is 6.20. The first kappa shape index (κ1) is 14.0. The maximum atomic E-state index is 6.22. The van der Waals surface area contributed by atoms with Crippen LogP contribution in [-0.4, -0.2) is 55.4 Å². The molecule has 2 aliphatic heterocycles. The summed E-state index contributed by atoms with van der Waals surface area (Å²) in [6.45, 7) is 4.97. The van der Waals surface area contributed by atoms with Gasteiger partial charge in [-0.25, -0.2) is 0 Å². The maximum absolute atomic E-state index is 6.22. The molecular weight excluding hydrogens is 252 g/mol. The quantitative estimate of drug-likeness (QED) is 0.843. The van der Waals surface area contributed by atoms with E-state index in [1.54, 1.807) is 7.11 Å². The molecule has 0 N–H and O–H groups in total. The lowest BCUT2D eigenvalue weighted by atomic mass is 9.83. The van der Waals surface area contributed by atoms with E-state index in [-0.39, 0.29) is 5.60 Å². The molecule has 1 aromatic rings. The van der Waals surface area contributed by atoms with E-state index >= 15 is 0 Å². The summed E-state index contributed by atoms with van der Waals surface area (Å²) in [6, 6.07) is 4.20. The Bertz CT molecular complexity index is 416. The van der Waals surface area contributed by atoms with E-state index in [0.717, 1.165) is 52.1 Å². The molecule has 0 aliphatic carbocycles. The van der Waals surface area contributed by atoms with Crippen LogP contribution in [0, 0.1) is 0 Å². The molecule has 1 aromatic heterocycles. The molecule has 4 nitrogen and oxygen atoms in total. The van der Waals surface area contributed by atoms with Gasteiger partial charge in [-0.05, 0) is 30.9 Å². The van der Waals surface area contributed by atoms with Crippen molar-refractivity contribution < 1.29 is 9.47 Å². The summed E-state index contributed by atoms with van der Waals surface area (Å²) in [7, 11) is 1.77. The van der Waals surface area contributed by atoms with Crippen molar-refractivity contribution in [1.29, 1.82) is 0 Å². The second-order valence-corrected chi connectivity index (χ2v) is 6.02.